The van der Waals surface area contributed by atoms with Crippen LogP contribution in [0, 0.1) is 13.8 Å². The molecule has 2 rings (SSSR count). The predicted octanol–water partition coefficient (Wildman–Crippen LogP) is 7.88. The summed E-state index contributed by atoms with van der Waals surface area (Å²) in [7, 11) is -0.270. The number of esters is 2. The van der Waals surface area contributed by atoms with Crippen LogP contribution in [0.3, 0.4) is 0 Å². The van der Waals surface area contributed by atoms with Gasteiger partial charge in [-0.1, -0.05) is 126 Å². The minimum Gasteiger partial charge on any atom is -0.507 e. The van der Waals surface area contributed by atoms with Crippen LogP contribution in [0.4, 0.5) is 0 Å². The predicted molar refractivity (Wildman–Crippen MR) is 229 cm³/mol. The lowest BCUT2D eigenvalue weighted by atomic mass is 9.78. The summed E-state index contributed by atoms with van der Waals surface area (Å²) >= 11 is 0. The van der Waals surface area contributed by atoms with Crippen molar-refractivity contribution in [2.45, 2.75) is 127 Å². The third kappa shape index (κ3) is 35.2. The molecule has 12 nitrogen and oxygen atoms in total. The molecule has 0 aromatic heterocycles. The van der Waals surface area contributed by atoms with Crippen LogP contribution >= 0.6 is 0 Å². The number of aliphatic carboxylic acids is 1. The van der Waals surface area contributed by atoms with E-state index in [1.165, 1.54) is 24.6 Å². The van der Waals surface area contributed by atoms with Crippen LogP contribution in [0.1, 0.15) is 107 Å². The number of aliphatic hydroxyl groups excluding tert-OH is 2. The standard InChI is InChI=1S/C15H24O.C9H12O4.C7H8O3S.C3H8O2.C3H4O2.4CH4.BH/c1-10-8-11(14(2,3)4)13(16)12(9-10)15(5,6)7;1-4-8(10)12-6-7(3)13-9(11)5-2;1-6-2-4-7(5-3-6)11(8,9)10;1-3(5)2-4;1-2-3(4)5;;;;;/h8-9,16H,1-7H3;4-5,7H,1-2,6H2,3H3;2-5H,1H3,(H,8,9,10);3-5H,2H2,1H3;2H,1H2,(H,4,5);4*1H4;1H/i;;;;;;;;;1T. The van der Waals surface area contributed by atoms with Gasteiger partial charge < -0.3 is 29.9 Å². The Labute approximate surface area is 336 Å². The zero-order chi connectivity index (χ0) is 42.0. The highest BCUT2D eigenvalue weighted by molar-refractivity contribution is 7.85. The number of carboxylic acid groups (broad SMARTS) is 1. The Bertz CT molecular complexity index is 1460. The van der Waals surface area contributed by atoms with Gasteiger partial charge in [-0.25, -0.2) is 14.4 Å². The van der Waals surface area contributed by atoms with Crippen molar-refractivity contribution in [3.8, 4) is 5.75 Å². The number of aromatic hydroxyl groups is 1. The van der Waals surface area contributed by atoms with E-state index in [4.69, 9.17) is 25.9 Å². The molecule has 2 unspecified atom stereocenters. The number of rotatable bonds is 8. The largest absolute Gasteiger partial charge is 0.507 e. The molecule has 5 N–H and O–H groups in total. The zero-order valence-electron chi connectivity index (χ0n) is 32.5. The Morgan fingerprint density at radius 2 is 1.16 bits per heavy atom. The number of ether oxygens (including phenoxy) is 2. The van der Waals surface area contributed by atoms with Crippen molar-refractivity contribution in [1.29, 1.82) is 1.34 Å². The van der Waals surface area contributed by atoms with Gasteiger partial charge in [-0.05, 0) is 63.1 Å². The molecule has 0 saturated heterocycles. The van der Waals surface area contributed by atoms with Gasteiger partial charge in [0.1, 0.15) is 18.5 Å². The van der Waals surface area contributed by atoms with E-state index >= 15 is 0 Å². The number of carbonyl (C=O) groups is 3. The van der Waals surface area contributed by atoms with Crippen molar-refractivity contribution in [2.24, 2.45) is 0 Å². The Morgan fingerprint density at radius 3 is 1.42 bits per heavy atom. The molecule has 0 saturated carbocycles. The molecular weight excluding hydrogens is 727 g/mol. The lowest BCUT2D eigenvalue weighted by molar-refractivity contribution is -0.151. The summed E-state index contributed by atoms with van der Waals surface area (Å²) in [4.78, 5) is 30.4. The summed E-state index contributed by atoms with van der Waals surface area (Å²) in [6.07, 6.45) is 1.89. The summed E-state index contributed by atoms with van der Waals surface area (Å²) in [6, 6.07) is 10.2. The lowest BCUT2D eigenvalue weighted by Gasteiger charge is -2.27. The smallest absolute Gasteiger partial charge is 0.330 e. The van der Waals surface area contributed by atoms with E-state index in [1.54, 1.807) is 19.1 Å². The van der Waals surface area contributed by atoms with Crippen molar-refractivity contribution in [1.82, 2.24) is 0 Å². The van der Waals surface area contributed by atoms with Gasteiger partial charge in [0.25, 0.3) is 10.1 Å². The SMILES string of the molecule is C.C.C.C.C=CC(=O)O.C=CC(=O)OCC(C)OC(=O)C=C.CC(O)CO.Cc1cc(C(C)(C)C)c(O)c(C(C)(C)C)c1.Cc1ccc(S(=O)(=O)O)cc1.[3H][B]. The summed E-state index contributed by atoms with van der Waals surface area (Å²) in [6.45, 7) is 29.1. The molecule has 0 fully saturated rings. The summed E-state index contributed by atoms with van der Waals surface area (Å²) in [5.74, 6) is -1.60. The minimum atomic E-state index is -4.02. The molecule has 2 radical (unpaired) electrons. The van der Waals surface area contributed by atoms with E-state index in [0.717, 1.165) is 34.9 Å². The van der Waals surface area contributed by atoms with Crippen LogP contribution in [0.2, 0.25) is 0 Å². The first kappa shape index (κ1) is 65.6. The maximum Gasteiger partial charge on any atom is 0.330 e. The highest BCUT2D eigenvalue weighted by Crippen LogP contribution is 2.39. The van der Waals surface area contributed by atoms with Gasteiger partial charge in [-0.3, -0.25) is 4.55 Å². The number of phenolic OH excluding ortho intramolecular Hbond substituents is 1. The highest BCUT2D eigenvalue weighted by Gasteiger charge is 2.25. The maximum atomic E-state index is 10.6. The second-order valence-corrected chi connectivity index (χ2v) is 14.3. The molecule has 0 aliphatic rings. The van der Waals surface area contributed by atoms with Crippen molar-refractivity contribution in [3.63, 3.8) is 0 Å². The average Bonchev–Trinajstić information content (AvgIpc) is 3.05. The van der Waals surface area contributed by atoms with E-state index in [0.29, 0.717) is 5.75 Å². The maximum absolute atomic E-state index is 10.6. The summed E-state index contributed by atoms with van der Waals surface area (Å²) < 4.78 is 44.2. The van der Waals surface area contributed by atoms with Gasteiger partial charge in [0.05, 0.1) is 17.6 Å². The van der Waals surface area contributed by atoms with Crippen molar-refractivity contribution in [3.05, 3.63) is 96.6 Å². The number of aryl methyl sites for hydroxylation is 2. The van der Waals surface area contributed by atoms with Gasteiger partial charge in [0.2, 0.25) is 0 Å². The monoisotopic (exact) mass is 802 g/mol. The van der Waals surface area contributed by atoms with Gasteiger partial charge in [-0.15, -0.1) is 0 Å². The van der Waals surface area contributed by atoms with Crippen LogP contribution in [0.5, 0.6) is 5.75 Å². The van der Waals surface area contributed by atoms with Crippen LogP contribution in [0.15, 0.2) is 79.3 Å². The Morgan fingerprint density at radius 1 is 0.818 bits per heavy atom. The molecule has 0 amide bonds. The minimum absolute atomic E-state index is 0. The van der Waals surface area contributed by atoms with Gasteiger partial charge >= 0.3 is 17.9 Å². The summed E-state index contributed by atoms with van der Waals surface area (Å²) in [5, 5.41) is 34.0. The molecule has 0 heterocycles. The molecule has 2 aromatic rings. The van der Waals surface area contributed by atoms with Crippen LogP contribution in [-0.4, -0.2) is 86.4 Å². The van der Waals surface area contributed by atoms with E-state index in [-0.39, 0.29) is 58.6 Å². The molecule has 2 aromatic carbocycles. The summed E-state index contributed by atoms with van der Waals surface area (Å²) in [5.41, 5.74) is 4.21. The number of hydrogen-bond acceptors (Lipinski definition) is 10. The Kier molecular flexibility index (Phi) is 39.5. The third-order valence-electron chi connectivity index (χ3n) is 5.74. The molecule has 0 bridgehead atoms. The first-order valence-corrected chi connectivity index (χ1v) is 16.8. The van der Waals surface area contributed by atoms with E-state index < -0.39 is 40.2 Å². The van der Waals surface area contributed by atoms with Gasteiger partial charge in [-0.2, -0.15) is 8.42 Å². The van der Waals surface area contributed by atoms with E-state index in [2.05, 4.69) is 93.4 Å². The van der Waals surface area contributed by atoms with Crippen molar-refractivity contribution in [2.75, 3.05) is 13.2 Å². The second kappa shape index (κ2) is 33.1. The molecule has 318 valence electrons. The van der Waals surface area contributed by atoms with E-state index in [1.807, 2.05) is 6.92 Å². The topological polar surface area (TPSA) is 205 Å². The zero-order valence-corrected chi connectivity index (χ0v) is 32.3. The van der Waals surface area contributed by atoms with Gasteiger partial charge in [0.15, 0.2) is 0 Å². The quantitative estimate of drug-likeness (QED) is 0.0748. The number of benzene rings is 2. The number of carbonyl (C=O) groups excluding carboxylic acids is 2. The fourth-order valence-corrected chi connectivity index (χ4v) is 3.65. The van der Waals surface area contributed by atoms with Crippen LogP contribution < -0.4 is 0 Å². The number of carboxylic acids is 1. The molecule has 2 atom stereocenters. The number of hydrogen-bond donors (Lipinski definition) is 5. The van der Waals surface area contributed by atoms with E-state index in [9.17, 15) is 27.9 Å². The van der Waals surface area contributed by atoms with Gasteiger partial charge in [0, 0.05) is 26.6 Å². The van der Waals surface area contributed by atoms with Crippen molar-refractivity contribution >= 4 is 36.4 Å². The first-order valence-electron chi connectivity index (χ1n) is 15.9. The van der Waals surface area contributed by atoms with Crippen molar-refractivity contribution < 1.29 is 57.3 Å². The number of aliphatic hydroxyl groups is 2. The third-order valence-corrected chi connectivity index (χ3v) is 6.61. The second-order valence-electron chi connectivity index (χ2n) is 12.9. The molecule has 55 heavy (non-hydrogen) atoms. The average molecular weight is 803 g/mol. The molecular formula is C41H73BO12S. The Balaban J connectivity index is -0.0000000879. The lowest BCUT2D eigenvalue weighted by Crippen LogP contribution is -2.20. The molecule has 14 heteroatoms. The molecule has 0 aliphatic carbocycles. The first-order chi connectivity index (χ1) is 23.7. The Hall–Kier alpha value is -4.24. The van der Waals surface area contributed by atoms with Crippen LogP contribution in [-0.2, 0) is 44.8 Å². The fourth-order valence-electron chi connectivity index (χ4n) is 3.17. The normalized spacial score (nSPS) is 10.7. The molecule has 0 aliphatic heterocycles. The highest BCUT2D eigenvalue weighted by atomic mass is 32.2. The van der Waals surface area contributed by atoms with Crippen LogP contribution in [0.25, 0.3) is 0 Å². The molecule has 0 spiro atoms. The number of phenols is 1. The fraction of sp³-hybridized carbons (Fsp3) is 0.488.